The van der Waals surface area contributed by atoms with Crippen molar-refractivity contribution in [3.05, 3.63) is 23.1 Å². The third-order valence-electron chi connectivity index (χ3n) is 3.37. The lowest BCUT2D eigenvalue weighted by molar-refractivity contribution is 0.0955. The lowest BCUT2D eigenvalue weighted by atomic mass is 10.2. The van der Waals surface area contributed by atoms with Gasteiger partial charge in [0.1, 0.15) is 10.6 Å². The Bertz CT molecular complexity index is 665. The molecule has 4 nitrogen and oxygen atoms in total. The number of benzene rings is 1. The van der Waals surface area contributed by atoms with E-state index in [0.29, 0.717) is 22.9 Å². The summed E-state index contributed by atoms with van der Waals surface area (Å²) >= 11 is 3.11. The van der Waals surface area contributed by atoms with Gasteiger partial charge >= 0.3 is 0 Å². The number of hydrogen-bond acceptors (Lipinski definition) is 5. The molecule has 0 spiro atoms. The number of methoxy groups -OCH3 is 1. The second-order valence-corrected chi connectivity index (χ2v) is 7.89. The van der Waals surface area contributed by atoms with Crippen LogP contribution in [0.2, 0.25) is 0 Å². The van der Waals surface area contributed by atoms with Crippen LogP contribution in [0.5, 0.6) is 5.75 Å². The molecular weight excluding hydrogens is 304 g/mol. The summed E-state index contributed by atoms with van der Waals surface area (Å²) in [6.45, 7) is 4.78. The summed E-state index contributed by atoms with van der Waals surface area (Å²) < 4.78 is 6.28. The van der Waals surface area contributed by atoms with Crippen LogP contribution in [0.25, 0.3) is 10.1 Å². The monoisotopic (exact) mass is 324 g/mol. The van der Waals surface area contributed by atoms with E-state index < -0.39 is 0 Å². The summed E-state index contributed by atoms with van der Waals surface area (Å²) in [5.74, 6) is 0.572. The van der Waals surface area contributed by atoms with Crippen LogP contribution >= 0.6 is 23.1 Å². The number of carbonyl (C=O) groups is 1. The molecule has 0 saturated carbocycles. The van der Waals surface area contributed by atoms with Crippen LogP contribution in [-0.2, 0) is 0 Å². The van der Waals surface area contributed by atoms with Crippen LogP contribution in [0.15, 0.2) is 18.2 Å². The van der Waals surface area contributed by atoms with E-state index in [0.717, 1.165) is 10.1 Å². The number of nitrogens with two attached hydrogens (primary N) is 1. The van der Waals surface area contributed by atoms with Crippen molar-refractivity contribution in [2.75, 3.05) is 25.6 Å². The highest BCUT2D eigenvalue weighted by Gasteiger charge is 2.22. The number of ether oxygens (including phenoxy) is 1. The standard InChI is InChI=1S/C15H20N2O2S2/c1-15(2,20-4)8-17-14(18)13-12(16)11-9(19-3)6-5-7-10(11)21-13/h5-7H,8,16H2,1-4H3,(H,17,18). The largest absolute Gasteiger partial charge is 0.496 e. The van der Waals surface area contributed by atoms with E-state index in [1.54, 1.807) is 18.9 Å². The minimum absolute atomic E-state index is 0.00120. The third kappa shape index (κ3) is 3.27. The number of fused-ring (bicyclic) bond motifs is 1. The first kappa shape index (κ1) is 16.0. The smallest absolute Gasteiger partial charge is 0.263 e. The predicted molar refractivity (Wildman–Crippen MR) is 92.7 cm³/mol. The molecule has 1 aromatic heterocycles. The van der Waals surface area contributed by atoms with Gasteiger partial charge < -0.3 is 15.8 Å². The summed E-state index contributed by atoms with van der Waals surface area (Å²) in [5.41, 5.74) is 6.64. The Hall–Kier alpha value is -1.40. The maximum Gasteiger partial charge on any atom is 0.263 e. The second-order valence-electron chi connectivity index (χ2n) is 5.32. The minimum Gasteiger partial charge on any atom is -0.496 e. The third-order valence-corrected chi connectivity index (χ3v) is 5.79. The van der Waals surface area contributed by atoms with Crippen molar-refractivity contribution in [3.8, 4) is 5.75 Å². The Morgan fingerprint density at radius 2 is 2.19 bits per heavy atom. The molecule has 0 bridgehead atoms. The van der Waals surface area contributed by atoms with Gasteiger partial charge in [-0.3, -0.25) is 4.79 Å². The molecule has 0 radical (unpaired) electrons. The van der Waals surface area contributed by atoms with Gasteiger partial charge in [-0.1, -0.05) is 6.07 Å². The fourth-order valence-corrected chi connectivity index (χ4v) is 3.20. The van der Waals surface area contributed by atoms with Crippen LogP contribution in [0.4, 0.5) is 5.69 Å². The van der Waals surface area contributed by atoms with E-state index in [-0.39, 0.29) is 10.7 Å². The molecule has 0 aliphatic carbocycles. The number of rotatable bonds is 5. The van der Waals surface area contributed by atoms with Crippen molar-refractivity contribution < 1.29 is 9.53 Å². The van der Waals surface area contributed by atoms with Gasteiger partial charge in [0, 0.05) is 16.0 Å². The van der Waals surface area contributed by atoms with Gasteiger partial charge in [0.15, 0.2) is 0 Å². The predicted octanol–water partition coefficient (Wildman–Crippen LogP) is 3.36. The first-order chi connectivity index (χ1) is 9.89. The molecule has 0 fully saturated rings. The number of thioether (sulfide) groups is 1. The number of nitrogen functional groups attached to an aromatic ring is 1. The van der Waals surface area contributed by atoms with Gasteiger partial charge in [-0.05, 0) is 32.2 Å². The highest BCUT2D eigenvalue weighted by atomic mass is 32.2. The molecule has 114 valence electrons. The van der Waals surface area contributed by atoms with Gasteiger partial charge in [0.05, 0.1) is 18.2 Å². The van der Waals surface area contributed by atoms with Crippen LogP contribution in [0, 0.1) is 0 Å². The van der Waals surface area contributed by atoms with Crippen molar-refractivity contribution in [2.24, 2.45) is 0 Å². The average Bonchev–Trinajstić information content (AvgIpc) is 2.82. The van der Waals surface area contributed by atoms with Crippen LogP contribution < -0.4 is 15.8 Å². The molecule has 0 aliphatic heterocycles. The normalized spacial score (nSPS) is 11.6. The molecule has 1 amide bonds. The minimum atomic E-state index is -0.127. The van der Waals surface area contributed by atoms with Crippen LogP contribution in [0.1, 0.15) is 23.5 Å². The number of hydrogen-bond donors (Lipinski definition) is 2. The van der Waals surface area contributed by atoms with Crippen molar-refractivity contribution in [2.45, 2.75) is 18.6 Å². The van der Waals surface area contributed by atoms with Crippen molar-refractivity contribution in [3.63, 3.8) is 0 Å². The summed E-state index contributed by atoms with van der Waals surface area (Å²) in [5, 5.41) is 3.78. The first-order valence-corrected chi connectivity index (χ1v) is 8.62. The van der Waals surface area contributed by atoms with E-state index in [9.17, 15) is 4.79 Å². The van der Waals surface area contributed by atoms with Gasteiger partial charge in [-0.25, -0.2) is 0 Å². The zero-order chi connectivity index (χ0) is 15.6. The number of thiophene rings is 1. The second kappa shape index (κ2) is 6.15. The first-order valence-electron chi connectivity index (χ1n) is 6.58. The lowest BCUT2D eigenvalue weighted by Gasteiger charge is -2.22. The molecule has 1 heterocycles. The zero-order valence-electron chi connectivity index (χ0n) is 12.6. The highest BCUT2D eigenvalue weighted by Crippen LogP contribution is 2.39. The van der Waals surface area contributed by atoms with Crippen LogP contribution in [-0.4, -0.2) is 30.6 Å². The van der Waals surface area contributed by atoms with Gasteiger partial charge in [0.25, 0.3) is 5.91 Å². The fraction of sp³-hybridized carbons (Fsp3) is 0.400. The van der Waals surface area contributed by atoms with Crippen molar-refractivity contribution in [1.29, 1.82) is 0 Å². The summed E-state index contributed by atoms with van der Waals surface area (Å²) in [7, 11) is 1.60. The molecule has 2 aromatic rings. The SMILES string of the molecule is COc1cccc2sc(C(=O)NCC(C)(C)SC)c(N)c12. The zero-order valence-corrected chi connectivity index (χ0v) is 14.3. The highest BCUT2D eigenvalue weighted by molar-refractivity contribution is 7.99. The van der Waals surface area contributed by atoms with E-state index in [4.69, 9.17) is 10.5 Å². The summed E-state index contributed by atoms with van der Waals surface area (Å²) in [6.07, 6.45) is 2.03. The Balaban J connectivity index is 2.30. The quantitative estimate of drug-likeness (QED) is 0.885. The summed E-state index contributed by atoms with van der Waals surface area (Å²) in [4.78, 5) is 12.9. The molecule has 0 atom stereocenters. The van der Waals surface area contributed by atoms with E-state index in [1.807, 2.05) is 24.5 Å². The average molecular weight is 324 g/mol. The number of carbonyl (C=O) groups excluding carboxylic acids is 1. The van der Waals surface area contributed by atoms with Crippen molar-refractivity contribution in [1.82, 2.24) is 5.32 Å². The molecule has 6 heteroatoms. The van der Waals surface area contributed by atoms with E-state index in [1.165, 1.54) is 11.3 Å². The molecule has 21 heavy (non-hydrogen) atoms. The number of amides is 1. The Kier molecular flexibility index (Phi) is 4.68. The molecule has 0 aliphatic rings. The maximum absolute atomic E-state index is 12.4. The molecule has 0 unspecified atom stereocenters. The molecule has 0 saturated heterocycles. The molecule has 2 rings (SSSR count). The van der Waals surface area contributed by atoms with Gasteiger partial charge in [-0.15, -0.1) is 11.3 Å². The maximum atomic E-state index is 12.4. The topological polar surface area (TPSA) is 64.3 Å². The molecule has 3 N–H and O–H groups in total. The summed E-state index contributed by atoms with van der Waals surface area (Å²) in [6, 6.07) is 5.70. The van der Waals surface area contributed by atoms with E-state index >= 15 is 0 Å². The lowest BCUT2D eigenvalue weighted by Crippen LogP contribution is -2.35. The van der Waals surface area contributed by atoms with Gasteiger partial charge in [-0.2, -0.15) is 11.8 Å². The molecule has 1 aromatic carbocycles. The van der Waals surface area contributed by atoms with E-state index in [2.05, 4.69) is 19.2 Å². The fourth-order valence-electron chi connectivity index (χ4n) is 1.92. The number of anilines is 1. The number of nitrogens with one attached hydrogen (secondary N) is 1. The van der Waals surface area contributed by atoms with Gasteiger partial charge in [0.2, 0.25) is 0 Å². The Morgan fingerprint density at radius 1 is 1.48 bits per heavy atom. The van der Waals surface area contributed by atoms with Crippen molar-refractivity contribution >= 4 is 44.8 Å². The Morgan fingerprint density at radius 3 is 2.81 bits per heavy atom. The Labute approximate surface area is 133 Å². The van der Waals surface area contributed by atoms with Crippen LogP contribution in [0.3, 0.4) is 0 Å². The molecular formula is C15H20N2O2S2.